The zero-order chi connectivity index (χ0) is 3.58. The van der Waals surface area contributed by atoms with E-state index in [4.69, 9.17) is 5.73 Å². The van der Waals surface area contributed by atoms with Crippen LogP contribution in [0.5, 0.6) is 0 Å². The van der Waals surface area contributed by atoms with Crippen LogP contribution in [0.25, 0.3) is 0 Å². The van der Waals surface area contributed by atoms with E-state index in [1.54, 1.807) is 0 Å². The second kappa shape index (κ2) is 5.18. The van der Waals surface area contributed by atoms with Gasteiger partial charge < -0.3 is 5.73 Å². The van der Waals surface area contributed by atoms with Gasteiger partial charge in [0, 0.05) is 17.1 Å². The molecule has 4 heteroatoms. The summed E-state index contributed by atoms with van der Waals surface area (Å²) in [5.41, 5.74) is 4.84. The van der Waals surface area contributed by atoms with Crippen LogP contribution in [0, 0.1) is 0 Å². The van der Waals surface area contributed by atoms with E-state index in [9.17, 15) is 0 Å². The Labute approximate surface area is 53.0 Å². The number of rotatable bonds is 0. The Morgan fingerprint density at radius 2 is 1.40 bits per heavy atom. The van der Waals surface area contributed by atoms with Crippen LogP contribution in [-0.2, 0) is 17.1 Å². The Kier molecular flexibility index (Phi) is 9.83. The first-order chi connectivity index (χ1) is 1.73. The molecule has 0 saturated heterocycles. The first kappa shape index (κ1) is 9.49. The summed E-state index contributed by atoms with van der Waals surface area (Å²) < 4.78 is -0.278. The average Bonchev–Trinajstić information content (AvgIpc) is 0.811. The maximum absolute atomic E-state index is 4.84. The van der Waals surface area contributed by atoms with Crippen molar-refractivity contribution in [2.45, 2.75) is 4.71 Å². The van der Waals surface area contributed by atoms with Gasteiger partial charge in [-0.1, -0.05) is 0 Å². The van der Waals surface area contributed by atoms with Gasteiger partial charge in [-0.05, 0) is 0 Å². The predicted molar refractivity (Wildman–Crippen MR) is 25.9 cm³/mol. The molecule has 0 aliphatic heterocycles. The van der Waals surface area contributed by atoms with Crippen LogP contribution in [-0.4, -0.2) is 4.71 Å². The van der Waals surface area contributed by atoms with Gasteiger partial charge in [0.05, 0.1) is 4.71 Å². The van der Waals surface area contributed by atoms with Gasteiger partial charge >= 0.3 is 0 Å². The first-order valence-electron chi connectivity index (χ1n) is 0.850. The number of hydrogen-bond donors (Lipinski definition) is 3. The Morgan fingerprint density at radius 3 is 1.40 bits per heavy atom. The van der Waals surface area contributed by atoms with Crippen molar-refractivity contribution in [3.05, 3.63) is 0 Å². The molecule has 0 bridgehead atoms. The third-order valence-electron chi connectivity index (χ3n) is 0. The van der Waals surface area contributed by atoms with Crippen LogP contribution in [0.2, 0.25) is 0 Å². The van der Waals surface area contributed by atoms with Crippen molar-refractivity contribution in [2.24, 2.45) is 5.73 Å². The van der Waals surface area contributed by atoms with Crippen molar-refractivity contribution in [1.82, 2.24) is 0 Å². The van der Waals surface area contributed by atoms with E-state index < -0.39 is 0 Å². The maximum Gasteiger partial charge on any atom is 0.0919 e. The zero-order valence-electron chi connectivity index (χ0n) is 2.43. The number of nitrogens with two attached hydrogens (primary N) is 1. The van der Waals surface area contributed by atoms with Crippen LogP contribution < -0.4 is 5.73 Å². The molecular weight excluding hydrogens is 145 g/mol. The minimum atomic E-state index is -0.278. The van der Waals surface area contributed by atoms with Crippen molar-refractivity contribution in [3.8, 4) is 0 Å². The van der Waals surface area contributed by atoms with E-state index in [0.29, 0.717) is 0 Å². The van der Waals surface area contributed by atoms with Gasteiger partial charge in [-0.15, -0.1) is 0 Å². The van der Waals surface area contributed by atoms with Crippen LogP contribution in [0.3, 0.4) is 0 Å². The van der Waals surface area contributed by atoms with Crippen molar-refractivity contribution in [1.29, 1.82) is 0 Å². The predicted octanol–water partition coefficient (Wildman–Crippen LogP) is 0.0858. The summed E-state index contributed by atoms with van der Waals surface area (Å²) in [4.78, 5) is 0. The molecule has 2 N–H and O–H groups in total. The molecule has 0 fully saturated rings. The van der Waals surface area contributed by atoms with Gasteiger partial charge in [0.1, 0.15) is 0 Å². The molecule has 0 unspecified atom stereocenters. The Morgan fingerprint density at radius 1 is 1.40 bits per heavy atom. The SMILES string of the molecule is NC(S)S.[Mn]. The summed E-state index contributed by atoms with van der Waals surface area (Å²) >= 11 is 7.22. The molecule has 5 heavy (non-hydrogen) atoms. The molecule has 0 spiro atoms. The second-order valence-electron chi connectivity index (χ2n) is 0.414. The van der Waals surface area contributed by atoms with Gasteiger partial charge in [0.15, 0.2) is 0 Å². The topological polar surface area (TPSA) is 26.0 Å². The minimum absolute atomic E-state index is 0. The Bertz CT molecular complexity index is 14.4. The van der Waals surface area contributed by atoms with Gasteiger partial charge in [-0.25, -0.2) is 0 Å². The van der Waals surface area contributed by atoms with Crippen LogP contribution >= 0.6 is 25.3 Å². The van der Waals surface area contributed by atoms with Crippen molar-refractivity contribution in [3.63, 3.8) is 0 Å². The molecule has 0 heterocycles. The van der Waals surface area contributed by atoms with E-state index in [1.807, 2.05) is 0 Å². The molecule has 33 valence electrons. The maximum atomic E-state index is 4.84. The van der Waals surface area contributed by atoms with E-state index in [1.165, 1.54) is 0 Å². The van der Waals surface area contributed by atoms with Crippen LogP contribution in [0.1, 0.15) is 0 Å². The van der Waals surface area contributed by atoms with Gasteiger partial charge in [0.25, 0.3) is 0 Å². The summed E-state index contributed by atoms with van der Waals surface area (Å²) in [7, 11) is 0. The molecule has 0 amide bonds. The fraction of sp³-hybridized carbons (Fsp3) is 1.00. The van der Waals surface area contributed by atoms with E-state index in [-0.39, 0.29) is 21.8 Å². The smallest absolute Gasteiger partial charge is 0.0919 e. The molecule has 0 saturated carbocycles. The molecule has 1 radical (unpaired) electrons. The van der Waals surface area contributed by atoms with Crippen LogP contribution in [0.4, 0.5) is 0 Å². The van der Waals surface area contributed by atoms with E-state index in [0.717, 1.165) is 0 Å². The van der Waals surface area contributed by atoms with E-state index in [2.05, 4.69) is 25.3 Å². The van der Waals surface area contributed by atoms with Crippen LogP contribution in [0.15, 0.2) is 0 Å². The monoisotopic (exact) mass is 150 g/mol. The third kappa shape index (κ3) is 37.6. The first-order valence-corrected chi connectivity index (χ1v) is 1.88. The van der Waals surface area contributed by atoms with Crippen molar-refractivity contribution < 1.29 is 17.1 Å². The molecule has 0 aromatic heterocycles. The molecule has 0 aromatic rings. The zero-order valence-corrected chi connectivity index (χ0v) is 5.40. The van der Waals surface area contributed by atoms with E-state index >= 15 is 0 Å². The Balaban J connectivity index is 0. The van der Waals surface area contributed by atoms with Gasteiger partial charge in [0.2, 0.25) is 0 Å². The summed E-state index contributed by atoms with van der Waals surface area (Å²) in [5, 5.41) is 0. The number of hydrogen-bond acceptors (Lipinski definition) is 3. The number of thiol groups is 2. The summed E-state index contributed by atoms with van der Waals surface area (Å²) in [6, 6.07) is 0. The molecule has 1 nitrogen and oxygen atoms in total. The molecule has 0 atom stereocenters. The van der Waals surface area contributed by atoms with Gasteiger partial charge in [-0.2, -0.15) is 25.3 Å². The molecule has 0 aliphatic carbocycles. The molecule has 0 aliphatic rings. The second-order valence-corrected chi connectivity index (χ2v) is 1.93. The summed E-state index contributed by atoms with van der Waals surface area (Å²) in [6.07, 6.45) is 0. The average molecular weight is 150 g/mol. The quantitative estimate of drug-likeness (QED) is 0.254. The summed E-state index contributed by atoms with van der Waals surface area (Å²) in [6.45, 7) is 0. The molecular formula is CH5MnNS2. The Hall–Kier alpha value is 1.18. The largest absolute Gasteiger partial charge is 0.311 e. The summed E-state index contributed by atoms with van der Waals surface area (Å²) in [5.74, 6) is 0. The third-order valence-corrected chi connectivity index (χ3v) is 0. The molecule has 0 rings (SSSR count). The standard InChI is InChI=1S/CH5NS2.Mn/c2-1(3)4;/h1,3-4H,2H2;. The van der Waals surface area contributed by atoms with Crippen molar-refractivity contribution >= 4 is 25.3 Å². The fourth-order valence-corrected chi connectivity index (χ4v) is 0. The molecule has 0 aromatic carbocycles. The minimum Gasteiger partial charge on any atom is -0.311 e. The van der Waals surface area contributed by atoms with Gasteiger partial charge in [-0.3, -0.25) is 0 Å². The normalized spacial score (nSPS) is 7.20. The fourth-order valence-electron chi connectivity index (χ4n) is 0. The van der Waals surface area contributed by atoms with Crippen molar-refractivity contribution in [2.75, 3.05) is 0 Å².